The maximum atomic E-state index is 12.7. The van der Waals surface area contributed by atoms with Crippen molar-refractivity contribution in [1.82, 2.24) is 15.2 Å². The van der Waals surface area contributed by atoms with Crippen molar-refractivity contribution in [1.29, 1.82) is 0 Å². The zero-order chi connectivity index (χ0) is 21.1. The zero-order valence-electron chi connectivity index (χ0n) is 16.6. The molecule has 0 spiro atoms. The van der Waals surface area contributed by atoms with Gasteiger partial charge in [-0.05, 0) is 61.6 Å². The normalized spacial score (nSPS) is 20.2. The molecule has 0 saturated carbocycles. The first kappa shape index (κ1) is 21.5. The van der Waals surface area contributed by atoms with E-state index < -0.39 is 15.9 Å². The predicted molar refractivity (Wildman–Crippen MR) is 117 cm³/mol. The highest BCUT2D eigenvalue weighted by molar-refractivity contribution is 7.91. The van der Waals surface area contributed by atoms with Crippen molar-refractivity contribution >= 4 is 44.5 Å². The molecule has 2 aromatic rings. The highest BCUT2D eigenvalue weighted by Crippen LogP contribution is 2.29. The van der Waals surface area contributed by atoms with E-state index in [1.165, 1.54) is 43.8 Å². The van der Waals surface area contributed by atoms with Crippen molar-refractivity contribution in [3.8, 4) is 0 Å². The Kier molecular flexibility index (Phi) is 6.57. The van der Waals surface area contributed by atoms with E-state index in [9.17, 15) is 18.0 Å². The molecule has 1 aliphatic heterocycles. The summed E-state index contributed by atoms with van der Waals surface area (Å²) in [6, 6.07) is 5.21. The van der Waals surface area contributed by atoms with Crippen LogP contribution in [0, 0.1) is 5.92 Å². The summed E-state index contributed by atoms with van der Waals surface area (Å²) in [7, 11) is -3.58. The van der Waals surface area contributed by atoms with Crippen molar-refractivity contribution in [2.75, 3.05) is 13.1 Å². The van der Waals surface area contributed by atoms with Crippen molar-refractivity contribution in [2.45, 2.75) is 49.2 Å². The van der Waals surface area contributed by atoms with E-state index in [1.807, 2.05) is 6.07 Å². The number of hydrogen-bond acceptors (Lipinski definition) is 6. The maximum absolute atomic E-state index is 12.7. The van der Waals surface area contributed by atoms with E-state index >= 15 is 0 Å². The quantitative estimate of drug-likeness (QED) is 0.534. The van der Waals surface area contributed by atoms with Gasteiger partial charge < -0.3 is 0 Å². The summed E-state index contributed by atoms with van der Waals surface area (Å²) in [4.78, 5) is 27.0. The molecular weight excluding hydrogens is 442 g/mol. The molecule has 30 heavy (non-hydrogen) atoms. The zero-order valence-corrected chi connectivity index (χ0v) is 19.0. The third-order valence-electron chi connectivity index (χ3n) is 5.61. The first-order valence-corrected chi connectivity index (χ1v) is 13.3. The summed E-state index contributed by atoms with van der Waals surface area (Å²) in [5.41, 5.74) is 6.25. The van der Waals surface area contributed by atoms with Crippen LogP contribution in [0.3, 0.4) is 0 Å². The van der Waals surface area contributed by atoms with Crippen LogP contribution >= 0.6 is 22.7 Å². The summed E-state index contributed by atoms with van der Waals surface area (Å²) in [5.74, 6) is -1.17. The second kappa shape index (κ2) is 9.17. The molecule has 0 aromatic carbocycles. The average Bonchev–Trinajstić information content (AvgIpc) is 3.39. The van der Waals surface area contributed by atoms with Crippen LogP contribution in [0.2, 0.25) is 0 Å². The number of amides is 2. The summed E-state index contributed by atoms with van der Waals surface area (Å²) < 4.78 is 27.1. The fraction of sp³-hybridized carbons (Fsp3) is 0.500. The van der Waals surface area contributed by atoms with Crippen LogP contribution in [0.4, 0.5) is 0 Å². The summed E-state index contributed by atoms with van der Waals surface area (Å²) in [5, 5.41) is 1.72. The van der Waals surface area contributed by atoms with Crippen LogP contribution in [-0.2, 0) is 27.7 Å². The van der Waals surface area contributed by atoms with Gasteiger partial charge in [0.1, 0.15) is 4.21 Å². The highest BCUT2D eigenvalue weighted by Gasteiger charge is 2.34. The molecule has 1 unspecified atom stereocenters. The number of aryl methyl sites for hydroxylation is 2. The number of nitrogens with one attached hydrogen (secondary N) is 2. The molecule has 10 heteroatoms. The van der Waals surface area contributed by atoms with Gasteiger partial charge in [-0.3, -0.25) is 20.4 Å². The number of carbonyl (C=O) groups excluding carboxylic acids is 2. The van der Waals surface area contributed by atoms with Gasteiger partial charge in [-0.1, -0.05) is 12.5 Å². The molecule has 2 aliphatic rings. The van der Waals surface area contributed by atoms with E-state index in [-0.39, 0.29) is 22.6 Å². The van der Waals surface area contributed by atoms with Crippen LogP contribution in [0.1, 0.15) is 52.2 Å². The number of nitrogens with zero attached hydrogens (tertiary/aromatic N) is 1. The Morgan fingerprint density at radius 1 is 1.10 bits per heavy atom. The lowest BCUT2D eigenvalue weighted by molar-refractivity contribution is -0.126. The van der Waals surface area contributed by atoms with Gasteiger partial charge >= 0.3 is 0 Å². The van der Waals surface area contributed by atoms with Crippen molar-refractivity contribution in [2.24, 2.45) is 5.92 Å². The molecule has 2 N–H and O–H groups in total. The Bertz CT molecular complexity index is 991. The van der Waals surface area contributed by atoms with Gasteiger partial charge in [0.25, 0.3) is 15.9 Å². The number of fused-ring (bicyclic) bond motifs is 1. The fourth-order valence-electron chi connectivity index (χ4n) is 3.97. The second-order valence-electron chi connectivity index (χ2n) is 7.70. The number of thiophene rings is 2. The topological polar surface area (TPSA) is 95.6 Å². The van der Waals surface area contributed by atoms with E-state index in [0.29, 0.717) is 24.3 Å². The van der Waals surface area contributed by atoms with Crippen molar-refractivity contribution < 1.29 is 18.0 Å². The van der Waals surface area contributed by atoms with Crippen molar-refractivity contribution in [3.05, 3.63) is 38.9 Å². The number of carbonyl (C=O) groups is 2. The van der Waals surface area contributed by atoms with Crippen LogP contribution in [0.5, 0.6) is 0 Å². The maximum Gasteiger partial charge on any atom is 0.279 e. The number of rotatable bonds is 4. The Morgan fingerprint density at radius 3 is 2.73 bits per heavy atom. The Hall–Kier alpha value is -1.75. The highest BCUT2D eigenvalue weighted by atomic mass is 32.2. The standard InChI is InChI=1S/C20H25N3O4S3/c24-19(15-7-4-10-23(13-15)30(26,27)18-9-5-11-28-18)21-22-20(25)17-12-14-6-2-1-3-8-16(14)29-17/h5,9,11-12,15H,1-4,6-8,10,13H2,(H,21,24)(H,22,25). The number of hydrazine groups is 1. The van der Waals surface area contributed by atoms with Gasteiger partial charge in [0.15, 0.2) is 0 Å². The first-order chi connectivity index (χ1) is 14.4. The Morgan fingerprint density at radius 2 is 1.93 bits per heavy atom. The molecule has 1 fully saturated rings. The molecule has 1 saturated heterocycles. The Balaban J connectivity index is 1.34. The van der Waals surface area contributed by atoms with E-state index in [1.54, 1.807) is 17.5 Å². The minimum Gasteiger partial charge on any atom is -0.273 e. The fourth-order valence-corrected chi connectivity index (χ4v) is 7.79. The van der Waals surface area contributed by atoms with Gasteiger partial charge in [-0.15, -0.1) is 22.7 Å². The molecule has 162 valence electrons. The van der Waals surface area contributed by atoms with E-state index in [2.05, 4.69) is 10.9 Å². The lowest BCUT2D eigenvalue weighted by Crippen LogP contribution is -2.49. The molecule has 2 amide bonds. The van der Waals surface area contributed by atoms with E-state index in [0.717, 1.165) is 25.7 Å². The third kappa shape index (κ3) is 4.61. The number of piperidine rings is 1. The average molecular weight is 468 g/mol. The second-order valence-corrected chi connectivity index (χ2v) is 11.9. The minimum atomic E-state index is -3.58. The van der Waals surface area contributed by atoms with Crippen LogP contribution in [-0.4, -0.2) is 37.6 Å². The van der Waals surface area contributed by atoms with Gasteiger partial charge in [0.2, 0.25) is 5.91 Å². The Labute approximate surface area is 184 Å². The molecule has 7 nitrogen and oxygen atoms in total. The lowest BCUT2D eigenvalue weighted by atomic mass is 9.99. The summed E-state index contributed by atoms with van der Waals surface area (Å²) in [6.45, 7) is 0.520. The van der Waals surface area contributed by atoms with Crippen molar-refractivity contribution in [3.63, 3.8) is 0 Å². The van der Waals surface area contributed by atoms with Gasteiger partial charge in [-0.2, -0.15) is 4.31 Å². The van der Waals surface area contributed by atoms with Crippen LogP contribution in [0.15, 0.2) is 27.8 Å². The predicted octanol–water partition coefficient (Wildman–Crippen LogP) is 2.94. The monoisotopic (exact) mass is 467 g/mol. The van der Waals surface area contributed by atoms with Crippen LogP contribution < -0.4 is 10.9 Å². The molecular formula is C20H25N3O4S3. The van der Waals surface area contributed by atoms with Gasteiger partial charge in [0.05, 0.1) is 10.8 Å². The molecule has 0 bridgehead atoms. The lowest BCUT2D eigenvalue weighted by Gasteiger charge is -2.30. The molecule has 0 radical (unpaired) electrons. The number of sulfonamides is 1. The summed E-state index contributed by atoms with van der Waals surface area (Å²) >= 11 is 2.67. The minimum absolute atomic E-state index is 0.120. The third-order valence-corrected chi connectivity index (χ3v) is 10.1. The van der Waals surface area contributed by atoms with Crippen LogP contribution in [0.25, 0.3) is 0 Å². The van der Waals surface area contributed by atoms with Gasteiger partial charge in [0, 0.05) is 18.0 Å². The molecule has 3 heterocycles. The smallest absolute Gasteiger partial charge is 0.273 e. The largest absolute Gasteiger partial charge is 0.279 e. The SMILES string of the molecule is O=C(NNC(=O)C1CCCN(S(=O)(=O)c2cccs2)C1)c1cc2c(s1)CCCCC2. The molecule has 2 aromatic heterocycles. The van der Waals surface area contributed by atoms with Gasteiger partial charge in [-0.25, -0.2) is 8.42 Å². The first-order valence-electron chi connectivity index (χ1n) is 10.2. The summed E-state index contributed by atoms with van der Waals surface area (Å²) in [6.07, 6.45) is 6.73. The molecule has 1 aliphatic carbocycles. The molecule has 1 atom stereocenters. The molecule has 4 rings (SSSR count). The number of hydrogen-bond donors (Lipinski definition) is 2. The van der Waals surface area contributed by atoms with E-state index in [4.69, 9.17) is 0 Å².